The zero-order chi connectivity index (χ0) is 17.2. The van der Waals surface area contributed by atoms with E-state index in [9.17, 15) is 4.79 Å². The zero-order valence-electron chi connectivity index (χ0n) is 13.7. The maximum Gasteiger partial charge on any atom is 0.411 e. The Labute approximate surface area is 147 Å². The highest BCUT2D eigenvalue weighted by molar-refractivity contribution is 5.85. The second-order valence-electron chi connectivity index (χ2n) is 6.15. The summed E-state index contributed by atoms with van der Waals surface area (Å²) in [5.74, 6) is 0.0670. The topological polar surface area (TPSA) is 38.3 Å². The maximum absolute atomic E-state index is 12.2. The van der Waals surface area contributed by atoms with Gasteiger partial charge in [0.15, 0.2) is 0 Å². The highest BCUT2D eigenvalue weighted by atomic mass is 16.5. The molecule has 0 fully saturated rings. The van der Waals surface area contributed by atoms with Crippen molar-refractivity contribution >= 4 is 11.8 Å². The number of hydrogen-bond acceptors (Lipinski definition) is 2. The number of ether oxygens (including phenoxy) is 1. The lowest BCUT2D eigenvalue weighted by Gasteiger charge is -2.14. The quantitative estimate of drug-likeness (QED) is 0.715. The molecule has 0 atom stereocenters. The van der Waals surface area contributed by atoms with E-state index in [1.165, 1.54) is 22.3 Å². The molecule has 0 spiro atoms. The molecule has 3 aromatic carbocycles. The van der Waals surface area contributed by atoms with Gasteiger partial charge in [0.1, 0.15) is 6.61 Å². The van der Waals surface area contributed by atoms with E-state index in [4.69, 9.17) is 4.74 Å². The molecular weight excluding hydrogens is 310 g/mol. The van der Waals surface area contributed by atoms with Gasteiger partial charge in [0.05, 0.1) is 0 Å². The molecule has 0 heterocycles. The molecule has 3 heteroatoms. The lowest BCUT2D eigenvalue weighted by atomic mass is 9.98. The minimum atomic E-state index is -0.451. The molecule has 123 valence electrons. The monoisotopic (exact) mass is 328 g/mol. The SMILES string of the molecule is [CH2]c1cccc(NC(=O)OCC2c3ccccc3-c3ccccc32)c1. The first-order valence-electron chi connectivity index (χ1n) is 8.26. The van der Waals surface area contributed by atoms with Crippen LogP contribution in [0.25, 0.3) is 11.1 Å². The van der Waals surface area contributed by atoms with Crippen LogP contribution in [-0.2, 0) is 4.74 Å². The number of hydrogen-bond donors (Lipinski definition) is 1. The molecule has 1 amide bonds. The standard InChI is InChI=1S/C22H18NO2/c1-15-7-6-8-16(13-15)23-22(24)25-14-21-19-11-4-2-9-17(19)18-10-3-5-12-20(18)21/h2-13,21H,1,14H2,(H,23,24). The first kappa shape index (κ1) is 15.5. The summed E-state index contributed by atoms with van der Waals surface area (Å²) in [6.07, 6.45) is -0.451. The number of nitrogens with one attached hydrogen (secondary N) is 1. The maximum atomic E-state index is 12.2. The minimum absolute atomic E-state index is 0.0670. The molecule has 0 aromatic heterocycles. The third-order valence-electron chi connectivity index (χ3n) is 4.52. The van der Waals surface area contributed by atoms with Crippen molar-refractivity contribution in [3.8, 4) is 11.1 Å². The number of anilines is 1. The Hall–Kier alpha value is -3.07. The van der Waals surface area contributed by atoms with Gasteiger partial charge in [-0.2, -0.15) is 0 Å². The normalized spacial score (nSPS) is 12.4. The van der Waals surface area contributed by atoms with Crippen LogP contribution in [0.1, 0.15) is 22.6 Å². The fourth-order valence-electron chi connectivity index (χ4n) is 3.40. The summed E-state index contributed by atoms with van der Waals surface area (Å²) in [7, 11) is 0. The average Bonchev–Trinajstić information content (AvgIpc) is 2.94. The summed E-state index contributed by atoms with van der Waals surface area (Å²) in [4.78, 5) is 12.2. The van der Waals surface area contributed by atoms with Crippen LogP contribution in [0.15, 0.2) is 72.8 Å². The molecule has 3 aromatic rings. The highest BCUT2D eigenvalue weighted by Gasteiger charge is 2.28. The fourth-order valence-corrected chi connectivity index (χ4v) is 3.40. The van der Waals surface area contributed by atoms with Crippen LogP contribution in [0.4, 0.5) is 10.5 Å². The van der Waals surface area contributed by atoms with Crippen LogP contribution in [0.2, 0.25) is 0 Å². The number of rotatable bonds is 3. The van der Waals surface area contributed by atoms with Gasteiger partial charge in [-0.25, -0.2) is 4.79 Å². The van der Waals surface area contributed by atoms with Gasteiger partial charge in [-0.15, -0.1) is 0 Å². The Morgan fingerprint density at radius 1 is 0.920 bits per heavy atom. The van der Waals surface area contributed by atoms with Gasteiger partial charge >= 0.3 is 6.09 Å². The zero-order valence-corrected chi connectivity index (χ0v) is 13.7. The van der Waals surface area contributed by atoms with Crippen molar-refractivity contribution in [2.75, 3.05) is 11.9 Å². The third kappa shape index (κ3) is 3.01. The lowest BCUT2D eigenvalue weighted by molar-refractivity contribution is 0.158. The number of fused-ring (bicyclic) bond motifs is 3. The van der Waals surface area contributed by atoms with Crippen molar-refractivity contribution in [1.29, 1.82) is 0 Å². The van der Waals surface area contributed by atoms with Gasteiger partial charge in [0.2, 0.25) is 0 Å². The van der Waals surface area contributed by atoms with E-state index in [1.54, 1.807) is 6.07 Å². The molecule has 0 saturated heterocycles. The molecule has 0 unspecified atom stereocenters. The molecule has 0 saturated carbocycles. The van der Waals surface area contributed by atoms with Crippen molar-refractivity contribution in [2.24, 2.45) is 0 Å². The van der Waals surface area contributed by atoms with Gasteiger partial charge in [0, 0.05) is 11.6 Å². The van der Waals surface area contributed by atoms with E-state index >= 15 is 0 Å². The first-order valence-corrected chi connectivity index (χ1v) is 8.26. The van der Waals surface area contributed by atoms with Crippen LogP contribution in [0.3, 0.4) is 0 Å². The third-order valence-corrected chi connectivity index (χ3v) is 4.52. The average molecular weight is 328 g/mol. The van der Waals surface area contributed by atoms with Crippen molar-refractivity contribution in [3.05, 3.63) is 96.4 Å². The van der Waals surface area contributed by atoms with Gasteiger partial charge < -0.3 is 4.74 Å². The predicted octanol–water partition coefficient (Wildman–Crippen LogP) is 5.23. The molecule has 0 bridgehead atoms. The summed E-state index contributed by atoms with van der Waals surface area (Å²) in [6.45, 7) is 4.16. The van der Waals surface area contributed by atoms with Gasteiger partial charge in [0.25, 0.3) is 0 Å². The summed E-state index contributed by atoms with van der Waals surface area (Å²) in [6, 6.07) is 23.9. The number of carbonyl (C=O) groups excluding carboxylic acids is 1. The van der Waals surface area contributed by atoms with E-state index in [1.807, 2.05) is 42.5 Å². The lowest BCUT2D eigenvalue weighted by Crippen LogP contribution is -2.17. The number of amides is 1. The summed E-state index contributed by atoms with van der Waals surface area (Å²) >= 11 is 0. The fraction of sp³-hybridized carbons (Fsp3) is 0.0909. The second kappa shape index (κ2) is 6.44. The minimum Gasteiger partial charge on any atom is -0.448 e. The molecule has 0 aliphatic heterocycles. The van der Waals surface area contributed by atoms with Crippen LogP contribution < -0.4 is 5.32 Å². The molecular formula is C22H18NO2. The Kier molecular flexibility index (Phi) is 3.98. The molecule has 25 heavy (non-hydrogen) atoms. The summed E-state index contributed by atoms with van der Waals surface area (Å²) < 4.78 is 5.51. The van der Waals surface area contributed by atoms with Crippen LogP contribution >= 0.6 is 0 Å². The predicted molar refractivity (Wildman–Crippen MR) is 99.6 cm³/mol. The Balaban J connectivity index is 1.50. The van der Waals surface area contributed by atoms with Crippen molar-refractivity contribution in [3.63, 3.8) is 0 Å². The van der Waals surface area contributed by atoms with Crippen molar-refractivity contribution in [2.45, 2.75) is 5.92 Å². The van der Waals surface area contributed by atoms with Crippen molar-refractivity contribution < 1.29 is 9.53 Å². The summed E-state index contributed by atoms with van der Waals surface area (Å²) in [5, 5.41) is 2.75. The number of carbonyl (C=O) groups is 1. The van der Waals surface area contributed by atoms with E-state index in [0.717, 1.165) is 5.56 Å². The first-order chi connectivity index (χ1) is 12.2. The van der Waals surface area contributed by atoms with Gasteiger partial charge in [-0.1, -0.05) is 60.7 Å². The van der Waals surface area contributed by atoms with Crippen LogP contribution in [-0.4, -0.2) is 12.7 Å². The van der Waals surface area contributed by atoms with Crippen LogP contribution in [0.5, 0.6) is 0 Å². The molecule has 1 aliphatic carbocycles. The van der Waals surface area contributed by atoms with Gasteiger partial charge in [-0.3, -0.25) is 5.32 Å². The molecule has 3 nitrogen and oxygen atoms in total. The van der Waals surface area contributed by atoms with Gasteiger partial charge in [-0.05, 0) is 46.9 Å². The highest BCUT2D eigenvalue weighted by Crippen LogP contribution is 2.44. The second-order valence-corrected chi connectivity index (χ2v) is 6.15. The van der Waals surface area contributed by atoms with Crippen molar-refractivity contribution in [1.82, 2.24) is 0 Å². The molecule has 1 aliphatic rings. The molecule has 1 radical (unpaired) electrons. The van der Waals surface area contributed by atoms with E-state index in [2.05, 4.69) is 36.5 Å². The Morgan fingerprint density at radius 2 is 1.56 bits per heavy atom. The van der Waals surface area contributed by atoms with Crippen LogP contribution in [0, 0.1) is 6.92 Å². The largest absolute Gasteiger partial charge is 0.448 e. The smallest absolute Gasteiger partial charge is 0.411 e. The van der Waals surface area contributed by atoms with E-state index < -0.39 is 6.09 Å². The molecule has 4 rings (SSSR count). The Morgan fingerprint density at radius 3 is 2.20 bits per heavy atom. The van der Waals surface area contributed by atoms with E-state index in [0.29, 0.717) is 12.3 Å². The number of benzene rings is 3. The summed E-state index contributed by atoms with van der Waals surface area (Å²) in [5.41, 5.74) is 6.38. The van der Waals surface area contributed by atoms with E-state index in [-0.39, 0.29) is 5.92 Å². The molecule has 1 N–H and O–H groups in total. The Bertz CT molecular complexity index is 887.